The van der Waals surface area contributed by atoms with E-state index in [0.717, 1.165) is 30.8 Å². The molecule has 118 valence electrons. The predicted octanol–water partition coefficient (Wildman–Crippen LogP) is 3.50. The molecule has 1 aromatic carbocycles. The molecule has 0 spiro atoms. The lowest BCUT2D eigenvalue weighted by Gasteiger charge is -2.45. The minimum atomic E-state index is -0.195. The lowest BCUT2D eigenvalue weighted by molar-refractivity contribution is 0.0638. The Balaban J connectivity index is 2.37. The Hall–Kier alpha value is -1.13. The zero-order valence-electron chi connectivity index (χ0n) is 13.6. The molecule has 0 saturated carbocycles. The smallest absolute Gasteiger partial charge is 0.146 e. The molecule has 3 nitrogen and oxygen atoms in total. The predicted molar refractivity (Wildman–Crippen MR) is 85.4 cm³/mol. The SMILES string of the molecule is CCCNC(C)c1cccc(F)c1N1CCOCC1(C)C. The Morgan fingerprint density at radius 3 is 2.86 bits per heavy atom. The van der Waals surface area contributed by atoms with Gasteiger partial charge in [-0.2, -0.15) is 0 Å². The Morgan fingerprint density at radius 2 is 2.19 bits per heavy atom. The van der Waals surface area contributed by atoms with Crippen LogP contribution in [0.3, 0.4) is 0 Å². The number of hydrogen-bond donors (Lipinski definition) is 1. The average molecular weight is 294 g/mol. The van der Waals surface area contributed by atoms with Gasteiger partial charge in [-0.15, -0.1) is 0 Å². The first kappa shape index (κ1) is 16.2. The summed E-state index contributed by atoms with van der Waals surface area (Å²) in [6.45, 7) is 11.4. The number of morpholine rings is 1. The van der Waals surface area contributed by atoms with Crippen LogP contribution >= 0.6 is 0 Å². The number of nitrogens with one attached hydrogen (secondary N) is 1. The number of ether oxygens (including phenoxy) is 1. The first-order valence-corrected chi connectivity index (χ1v) is 7.84. The van der Waals surface area contributed by atoms with Gasteiger partial charge in [0.2, 0.25) is 0 Å². The van der Waals surface area contributed by atoms with Crippen LogP contribution in [0.2, 0.25) is 0 Å². The van der Waals surface area contributed by atoms with Gasteiger partial charge in [0.05, 0.1) is 24.4 Å². The van der Waals surface area contributed by atoms with Crippen molar-refractivity contribution in [1.82, 2.24) is 5.32 Å². The van der Waals surface area contributed by atoms with Gasteiger partial charge >= 0.3 is 0 Å². The Morgan fingerprint density at radius 1 is 1.43 bits per heavy atom. The molecular weight excluding hydrogens is 267 g/mol. The summed E-state index contributed by atoms with van der Waals surface area (Å²) in [5.74, 6) is -0.146. The summed E-state index contributed by atoms with van der Waals surface area (Å²) in [4.78, 5) is 2.16. The number of anilines is 1. The van der Waals surface area contributed by atoms with Crippen LogP contribution < -0.4 is 10.2 Å². The molecule has 0 amide bonds. The van der Waals surface area contributed by atoms with Gasteiger partial charge in [0.15, 0.2) is 0 Å². The van der Waals surface area contributed by atoms with Crippen LogP contribution in [0.25, 0.3) is 0 Å². The van der Waals surface area contributed by atoms with Crippen LogP contribution in [-0.2, 0) is 4.74 Å². The fourth-order valence-corrected chi connectivity index (χ4v) is 2.91. The standard InChI is InChI=1S/C17H27FN2O/c1-5-9-19-13(2)14-7-6-8-15(18)16(14)20-10-11-21-12-17(20,3)4/h6-8,13,19H,5,9-12H2,1-4H3. The molecule has 4 heteroatoms. The quantitative estimate of drug-likeness (QED) is 0.899. The molecule has 0 bridgehead atoms. The van der Waals surface area contributed by atoms with E-state index in [0.29, 0.717) is 13.2 Å². The van der Waals surface area contributed by atoms with Crippen molar-refractivity contribution >= 4 is 5.69 Å². The van der Waals surface area contributed by atoms with E-state index in [1.54, 1.807) is 12.1 Å². The average Bonchev–Trinajstić information content (AvgIpc) is 2.45. The van der Waals surface area contributed by atoms with Crippen LogP contribution in [0.4, 0.5) is 10.1 Å². The van der Waals surface area contributed by atoms with Crippen LogP contribution in [-0.4, -0.2) is 31.8 Å². The number of halogens is 1. The maximum absolute atomic E-state index is 14.6. The second kappa shape index (κ2) is 6.75. The largest absolute Gasteiger partial charge is 0.377 e. The molecule has 0 radical (unpaired) electrons. The third-order valence-corrected chi connectivity index (χ3v) is 4.10. The highest BCUT2D eigenvalue weighted by Gasteiger charge is 2.34. The molecule has 1 heterocycles. The Kier molecular flexibility index (Phi) is 5.22. The highest BCUT2D eigenvalue weighted by molar-refractivity contribution is 5.58. The Bertz CT molecular complexity index is 476. The van der Waals surface area contributed by atoms with Crippen LogP contribution in [0, 0.1) is 5.82 Å². The summed E-state index contributed by atoms with van der Waals surface area (Å²) in [6, 6.07) is 5.51. The van der Waals surface area contributed by atoms with Gasteiger partial charge in [-0.05, 0) is 45.4 Å². The van der Waals surface area contributed by atoms with E-state index in [1.165, 1.54) is 0 Å². The van der Waals surface area contributed by atoms with E-state index >= 15 is 0 Å². The molecular formula is C17H27FN2O. The number of hydrogen-bond acceptors (Lipinski definition) is 3. The molecule has 1 fully saturated rings. The molecule has 2 rings (SSSR count). The van der Waals surface area contributed by atoms with Gasteiger partial charge in [-0.3, -0.25) is 0 Å². The molecule has 0 aromatic heterocycles. The lowest BCUT2D eigenvalue weighted by atomic mass is 9.97. The zero-order valence-corrected chi connectivity index (χ0v) is 13.6. The second-order valence-electron chi connectivity index (χ2n) is 6.37. The molecule has 1 aliphatic rings. The third-order valence-electron chi connectivity index (χ3n) is 4.10. The van der Waals surface area contributed by atoms with Gasteiger partial charge in [0.25, 0.3) is 0 Å². The molecule has 0 aliphatic carbocycles. The van der Waals surface area contributed by atoms with Crippen molar-refractivity contribution in [1.29, 1.82) is 0 Å². The Labute approximate surface area is 127 Å². The van der Waals surface area contributed by atoms with E-state index in [2.05, 4.69) is 37.9 Å². The van der Waals surface area contributed by atoms with E-state index < -0.39 is 0 Å². The van der Waals surface area contributed by atoms with Gasteiger partial charge in [0.1, 0.15) is 5.82 Å². The van der Waals surface area contributed by atoms with E-state index in [9.17, 15) is 4.39 Å². The summed E-state index contributed by atoms with van der Waals surface area (Å²) in [5.41, 5.74) is 1.56. The minimum Gasteiger partial charge on any atom is -0.377 e. The topological polar surface area (TPSA) is 24.5 Å². The second-order valence-corrected chi connectivity index (χ2v) is 6.37. The van der Waals surface area contributed by atoms with Gasteiger partial charge in [-0.1, -0.05) is 19.1 Å². The lowest BCUT2D eigenvalue weighted by Crippen LogP contribution is -2.54. The highest BCUT2D eigenvalue weighted by Crippen LogP contribution is 2.35. The van der Waals surface area contributed by atoms with Crippen molar-refractivity contribution in [2.24, 2.45) is 0 Å². The maximum Gasteiger partial charge on any atom is 0.146 e. The molecule has 1 unspecified atom stereocenters. The van der Waals surface area contributed by atoms with Crippen LogP contribution in [0.5, 0.6) is 0 Å². The number of benzene rings is 1. The summed E-state index contributed by atoms with van der Waals surface area (Å²) >= 11 is 0. The number of rotatable bonds is 5. The van der Waals surface area contributed by atoms with Crippen molar-refractivity contribution in [2.75, 3.05) is 31.2 Å². The zero-order chi connectivity index (χ0) is 15.5. The summed E-state index contributed by atoms with van der Waals surface area (Å²) in [7, 11) is 0. The summed E-state index contributed by atoms with van der Waals surface area (Å²) < 4.78 is 20.1. The normalized spacial score (nSPS) is 19.6. The van der Waals surface area contributed by atoms with Crippen molar-refractivity contribution in [2.45, 2.75) is 45.7 Å². The van der Waals surface area contributed by atoms with Gasteiger partial charge in [0, 0.05) is 12.6 Å². The highest BCUT2D eigenvalue weighted by atomic mass is 19.1. The monoisotopic (exact) mass is 294 g/mol. The summed E-state index contributed by atoms with van der Waals surface area (Å²) in [5, 5.41) is 3.46. The van der Waals surface area contributed by atoms with Crippen molar-refractivity contribution < 1.29 is 9.13 Å². The molecule has 21 heavy (non-hydrogen) atoms. The molecule has 1 aromatic rings. The van der Waals surface area contributed by atoms with E-state index in [-0.39, 0.29) is 17.4 Å². The number of nitrogens with zero attached hydrogens (tertiary/aromatic N) is 1. The fraction of sp³-hybridized carbons (Fsp3) is 0.647. The van der Waals surface area contributed by atoms with E-state index in [4.69, 9.17) is 4.74 Å². The van der Waals surface area contributed by atoms with Gasteiger partial charge < -0.3 is 15.0 Å². The fourth-order valence-electron chi connectivity index (χ4n) is 2.91. The van der Waals surface area contributed by atoms with Gasteiger partial charge in [-0.25, -0.2) is 4.39 Å². The third kappa shape index (κ3) is 3.55. The first-order valence-electron chi connectivity index (χ1n) is 7.84. The van der Waals surface area contributed by atoms with Crippen LogP contribution in [0.1, 0.15) is 45.7 Å². The van der Waals surface area contributed by atoms with Crippen molar-refractivity contribution in [3.8, 4) is 0 Å². The van der Waals surface area contributed by atoms with Crippen molar-refractivity contribution in [3.63, 3.8) is 0 Å². The molecule has 1 atom stereocenters. The molecule has 1 saturated heterocycles. The summed E-state index contributed by atoms with van der Waals surface area (Å²) in [6.07, 6.45) is 1.07. The minimum absolute atomic E-state index is 0.134. The van der Waals surface area contributed by atoms with Crippen LogP contribution in [0.15, 0.2) is 18.2 Å². The number of para-hydroxylation sites is 1. The molecule has 1 aliphatic heterocycles. The first-order chi connectivity index (χ1) is 9.97. The molecule has 1 N–H and O–H groups in total. The van der Waals surface area contributed by atoms with E-state index in [1.807, 2.05) is 6.07 Å². The maximum atomic E-state index is 14.6. The van der Waals surface area contributed by atoms with Crippen molar-refractivity contribution in [3.05, 3.63) is 29.6 Å².